The van der Waals surface area contributed by atoms with Crippen molar-refractivity contribution in [1.82, 2.24) is 5.32 Å². The molecule has 0 bridgehead atoms. The average molecular weight is 421 g/mol. The Morgan fingerprint density at radius 1 is 1.00 bits per heavy atom. The van der Waals surface area contributed by atoms with Crippen LogP contribution in [0.25, 0.3) is 6.08 Å². The van der Waals surface area contributed by atoms with E-state index in [1.165, 1.54) is 44.6 Å². The van der Waals surface area contributed by atoms with Gasteiger partial charge in [-0.1, -0.05) is 23.2 Å². The number of carbonyl (C=O) groups is 3. The Kier molecular flexibility index (Phi) is 5.58. The summed E-state index contributed by atoms with van der Waals surface area (Å²) in [5.41, 5.74) is 0.326. The number of ether oxygens (including phenoxy) is 2. The van der Waals surface area contributed by atoms with E-state index in [4.69, 9.17) is 32.7 Å². The Morgan fingerprint density at radius 2 is 1.68 bits per heavy atom. The third-order valence-corrected chi connectivity index (χ3v) is 4.47. The minimum Gasteiger partial charge on any atom is -0.497 e. The number of rotatable bonds is 4. The molecule has 0 unspecified atom stereocenters. The van der Waals surface area contributed by atoms with Crippen LogP contribution in [-0.2, 0) is 9.59 Å². The summed E-state index contributed by atoms with van der Waals surface area (Å²) in [7, 11) is 2.89. The Morgan fingerprint density at radius 3 is 2.29 bits per heavy atom. The molecule has 9 heteroatoms. The van der Waals surface area contributed by atoms with Gasteiger partial charge in [0.25, 0.3) is 11.8 Å². The number of amides is 4. The summed E-state index contributed by atoms with van der Waals surface area (Å²) < 4.78 is 10.3. The zero-order valence-electron chi connectivity index (χ0n) is 14.8. The number of barbiturate groups is 1. The molecule has 1 N–H and O–H groups in total. The lowest BCUT2D eigenvalue weighted by Gasteiger charge is -2.26. The first-order valence-corrected chi connectivity index (χ1v) is 8.70. The highest BCUT2D eigenvalue weighted by atomic mass is 35.5. The number of hydrogen-bond donors (Lipinski definition) is 1. The summed E-state index contributed by atoms with van der Waals surface area (Å²) in [5.74, 6) is -0.833. The summed E-state index contributed by atoms with van der Waals surface area (Å²) in [6.07, 6.45) is 1.28. The molecule has 1 fully saturated rings. The van der Waals surface area contributed by atoms with E-state index >= 15 is 0 Å². The maximum absolute atomic E-state index is 12.9. The van der Waals surface area contributed by atoms with E-state index in [2.05, 4.69) is 5.32 Å². The number of methoxy groups -OCH3 is 2. The van der Waals surface area contributed by atoms with Gasteiger partial charge < -0.3 is 9.47 Å². The molecule has 1 heterocycles. The van der Waals surface area contributed by atoms with Gasteiger partial charge in [0.1, 0.15) is 17.1 Å². The van der Waals surface area contributed by atoms with Gasteiger partial charge in [0.05, 0.1) is 24.9 Å². The minimum atomic E-state index is -0.853. The van der Waals surface area contributed by atoms with E-state index in [-0.39, 0.29) is 22.0 Å². The topological polar surface area (TPSA) is 84.9 Å². The van der Waals surface area contributed by atoms with Crippen LogP contribution in [0.1, 0.15) is 5.56 Å². The lowest BCUT2D eigenvalue weighted by molar-refractivity contribution is -0.122. The van der Waals surface area contributed by atoms with Gasteiger partial charge in [-0.05, 0) is 42.5 Å². The van der Waals surface area contributed by atoms with E-state index in [0.29, 0.717) is 16.3 Å². The van der Waals surface area contributed by atoms with Crippen LogP contribution in [0.5, 0.6) is 11.5 Å². The van der Waals surface area contributed by atoms with Crippen molar-refractivity contribution in [3.63, 3.8) is 0 Å². The molecule has 1 aliphatic rings. The van der Waals surface area contributed by atoms with Crippen molar-refractivity contribution >= 4 is 52.8 Å². The molecule has 3 rings (SSSR count). The number of benzene rings is 2. The fraction of sp³-hybridized carbons (Fsp3) is 0.105. The lowest BCUT2D eigenvalue weighted by Crippen LogP contribution is -2.54. The number of imide groups is 2. The van der Waals surface area contributed by atoms with E-state index in [0.717, 1.165) is 4.90 Å². The number of carbonyl (C=O) groups excluding carboxylic acids is 3. The van der Waals surface area contributed by atoms with Crippen LogP contribution in [-0.4, -0.2) is 32.1 Å². The molecule has 0 atom stereocenters. The standard InChI is InChI=1S/C19H14Cl2N2O5/c1-27-13-5-3-12(4-6-13)23-18(25)14(17(24)22-19(23)26)8-10-7-11(20)9-15(21)16(10)28-2/h3-9H,1-2H3,(H,22,24,26)/b14-8+. The molecule has 0 radical (unpaired) electrons. The van der Waals surface area contributed by atoms with Crippen molar-refractivity contribution in [3.05, 3.63) is 57.6 Å². The molecule has 2 aromatic rings. The smallest absolute Gasteiger partial charge is 0.335 e. The molecule has 0 aromatic heterocycles. The fourth-order valence-corrected chi connectivity index (χ4v) is 3.27. The van der Waals surface area contributed by atoms with Gasteiger partial charge in [-0.15, -0.1) is 0 Å². The van der Waals surface area contributed by atoms with E-state index in [1.54, 1.807) is 12.1 Å². The van der Waals surface area contributed by atoms with Gasteiger partial charge >= 0.3 is 6.03 Å². The SMILES string of the molecule is COc1ccc(N2C(=O)NC(=O)/C(=C\c3cc(Cl)cc(Cl)c3OC)C2=O)cc1. The second-order valence-corrected chi connectivity index (χ2v) is 6.51. The normalized spacial score (nSPS) is 15.6. The summed E-state index contributed by atoms with van der Waals surface area (Å²) in [5, 5.41) is 2.66. The van der Waals surface area contributed by atoms with Crippen molar-refractivity contribution in [3.8, 4) is 11.5 Å². The average Bonchev–Trinajstić information content (AvgIpc) is 2.65. The highest BCUT2D eigenvalue weighted by Crippen LogP contribution is 2.34. The van der Waals surface area contributed by atoms with Gasteiger partial charge in [-0.3, -0.25) is 14.9 Å². The first kappa shape index (κ1) is 19.7. The molecular weight excluding hydrogens is 407 g/mol. The molecule has 0 aliphatic carbocycles. The Balaban J connectivity index is 2.06. The first-order chi connectivity index (χ1) is 13.3. The largest absolute Gasteiger partial charge is 0.497 e. The van der Waals surface area contributed by atoms with Crippen LogP contribution >= 0.6 is 23.2 Å². The number of nitrogens with zero attached hydrogens (tertiary/aromatic N) is 1. The summed E-state index contributed by atoms with van der Waals surface area (Å²) in [6.45, 7) is 0. The summed E-state index contributed by atoms with van der Waals surface area (Å²) in [4.78, 5) is 38.3. The molecule has 144 valence electrons. The van der Waals surface area contributed by atoms with E-state index in [1.807, 2.05) is 0 Å². The van der Waals surface area contributed by atoms with E-state index in [9.17, 15) is 14.4 Å². The van der Waals surface area contributed by atoms with Crippen LogP contribution in [0.15, 0.2) is 42.0 Å². The van der Waals surface area contributed by atoms with Crippen LogP contribution in [0.3, 0.4) is 0 Å². The molecule has 1 saturated heterocycles. The quantitative estimate of drug-likeness (QED) is 0.602. The van der Waals surface area contributed by atoms with Crippen molar-refractivity contribution in [2.24, 2.45) is 0 Å². The van der Waals surface area contributed by atoms with Gasteiger partial charge in [0.2, 0.25) is 0 Å². The molecule has 4 amide bonds. The predicted octanol–water partition coefficient (Wildman–Crippen LogP) is 3.68. The number of nitrogens with one attached hydrogen (secondary N) is 1. The summed E-state index contributed by atoms with van der Waals surface area (Å²) in [6, 6.07) is 8.35. The second kappa shape index (κ2) is 7.92. The lowest BCUT2D eigenvalue weighted by atomic mass is 10.1. The van der Waals surface area contributed by atoms with Gasteiger partial charge in [-0.25, -0.2) is 9.69 Å². The number of urea groups is 1. The molecule has 0 saturated carbocycles. The van der Waals surface area contributed by atoms with Gasteiger partial charge in [-0.2, -0.15) is 0 Å². The monoisotopic (exact) mass is 420 g/mol. The maximum atomic E-state index is 12.9. The van der Waals surface area contributed by atoms with Crippen LogP contribution in [0.2, 0.25) is 10.0 Å². The van der Waals surface area contributed by atoms with Crippen molar-refractivity contribution < 1.29 is 23.9 Å². The third-order valence-electron chi connectivity index (χ3n) is 3.97. The number of hydrogen-bond acceptors (Lipinski definition) is 5. The molecule has 7 nitrogen and oxygen atoms in total. The molecule has 28 heavy (non-hydrogen) atoms. The second-order valence-electron chi connectivity index (χ2n) is 5.67. The zero-order chi connectivity index (χ0) is 20.4. The maximum Gasteiger partial charge on any atom is 0.335 e. The minimum absolute atomic E-state index is 0.216. The fourth-order valence-electron chi connectivity index (χ4n) is 2.68. The number of halogens is 2. The van der Waals surface area contributed by atoms with E-state index < -0.39 is 17.8 Å². The predicted molar refractivity (Wildman–Crippen MR) is 105 cm³/mol. The Labute approximate surface area is 170 Å². The van der Waals surface area contributed by atoms with Crippen molar-refractivity contribution in [1.29, 1.82) is 0 Å². The van der Waals surface area contributed by atoms with Crippen molar-refractivity contribution in [2.75, 3.05) is 19.1 Å². The molecule has 0 spiro atoms. The zero-order valence-corrected chi connectivity index (χ0v) is 16.3. The molecule has 1 aliphatic heterocycles. The highest BCUT2D eigenvalue weighted by molar-refractivity contribution is 6.40. The highest BCUT2D eigenvalue weighted by Gasteiger charge is 2.37. The Bertz CT molecular complexity index is 1000. The third kappa shape index (κ3) is 3.67. The van der Waals surface area contributed by atoms with Crippen molar-refractivity contribution in [2.45, 2.75) is 0 Å². The Hall–Kier alpha value is -3.03. The first-order valence-electron chi connectivity index (χ1n) is 7.94. The van der Waals surface area contributed by atoms with Gasteiger partial charge in [0, 0.05) is 10.6 Å². The van der Waals surface area contributed by atoms with Crippen LogP contribution in [0, 0.1) is 0 Å². The summed E-state index contributed by atoms with van der Waals surface area (Å²) >= 11 is 12.1. The molecular formula is C19H14Cl2N2O5. The molecule has 2 aromatic carbocycles. The van der Waals surface area contributed by atoms with Gasteiger partial charge in [0.15, 0.2) is 0 Å². The van der Waals surface area contributed by atoms with Crippen LogP contribution in [0.4, 0.5) is 10.5 Å². The number of anilines is 1. The van der Waals surface area contributed by atoms with Crippen LogP contribution < -0.4 is 19.7 Å².